The van der Waals surface area contributed by atoms with Crippen LogP contribution in [-0.4, -0.2) is 56.0 Å². The SMILES string of the molecule is CN(C)CCOc1ccc(/C=C\C(=O)N2CCCC2)cc1N. The Hall–Kier alpha value is -2.01. The van der Waals surface area contributed by atoms with E-state index in [9.17, 15) is 4.79 Å². The lowest BCUT2D eigenvalue weighted by Gasteiger charge is -2.13. The van der Waals surface area contributed by atoms with Gasteiger partial charge in [-0.3, -0.25) is 4.79 Å². The van der Waals surface area contributed by atoms with Gasteiger partial charge in [0.05, 0.1) is 5.69 Å². The molecule has 0 saturated carbocycles. The van der Waals surface area contributed by atoms with E-state index < -0.39 is 0 Å². The molecular weight excluding hydrogens is 278 g/mol. The number of likely N-dealkylation sites (N-methyl/N-ethyl adjacent to an activating group) is 1. The summed E-state index contributed by atoms with van der Waals surface area (Å²) in [5.41, 5.74) is 7.50. The van der Waals surface area contributed by atoms with Crippen molar-refractivity contribution in [3.8, 4) is 5.75 Å². The smallest absolute Gasteiger partial charge is 0.246 e. The van der Waals surface area contributed by atoms with Gasteiger partial charge in [0.15, 0.2) is 0 Å². The number of rotatable bonds is 6. The van der Waals surface area contributed by atoms with Crippen molar-refractivity contribution in [2.45, 2.75) is 12.8 Å². The van der Waals surface area contributed by atoms with Gasteiger partial charge in [-0.25, -0.2) is 0 Å². The molecule has 0 spiro atoms. The molecule has 2 N–H and O–H groups in total. The molecule has 0 atom stereocenters. The summed E-state index contributed by atoms with van der Waals surface area (Å²) in [7, 11) is 4.00. The molecule has 1 amide bonds. The Kier molecular flexibility index (Phi) is 5.83. The summed E-state index contributed by atoms with van der Waals surface area (Å²) in [5, 5.41) is 0. The highest BCUT2D eigenvalue weighted by atomic mass is 16.5. The quantitative estimate of drug-likeness (QED) is 0.643. The van der Waals surface area contributed by atoms with E-state index in [1.807, 2.05) is 37.2 Å². The van der Waals surface area contributed by atoms with Crippen LogP contribution in [0.25, 0.3) is 6.08 Å². The number of hydrogen-bond acceptors (Lipinski definition) is 4. The lowest BCUT2D eigenvalue weighted by Crippen LogP contribution is -2.25. The van der Waals surface area contributed by atoms with Gasteiger partial charge in [-0.2, -0.15) is 0 Å². The van der Waals surface area contributed by atoms with Crippen molar-refractivity contribution in [1.82, 2.24) is 9.80 Å². The van der Waals surface area contributed by atoms with Crippen molar-refractivity contribution in [2.75, 3.05) is 46.1 Å². The summed E-state index contributed by atoms with van der Waals surface area (Å²) in [5.74, 6) is 0.757. The predicted octanol–water partition coefficient (Wildman–Crippen LogP) is 1.84. The number of nitrogens with two attached hydrogens (primary N) is 1. The second kappa shape index (κ2) is 7.84. The summed E-state index contributed by atoms with van der Waals surface area (Å²) in [6.07, 6.45) is 5.63. The monoisotopic (exact) mass is 303 g/mol. The molecule has 120 valence electrons. The molecule has 1 aromatic rings. The number of nitrogen functional groups attached to an aromatic ring is 1. The number of nitrogens with zero attached hydrogens (tertiary/aromatic N) is 2. The molecule has 1 fully saturated rings. The van der Waals surface area contributed by atoms with E-state index in [4.69, 9.17) is 10.5 Å². The summed E-state index contributed by atoms with van der Waals surface area (Å²) in [6, 6.07) is 5.60. The Balaban J connectivity index is 1.92. The average Bonchev–Trinajstić information content (AvgIpc) is 3.01. The maximum absolute atomic E-state index is 12.0. The fourth-order valence-corrected chi connectivity index (χ4v) is 2.35. The van der Waals surface area contributed by atoms with Crippen LogP contribution in [0.5, 0.6) is 5.75 Å². The molecule has 0 aliphatic carbocycles. The van der Waals surface area contributed by atoms with E-state index in [1.54, 1.807) is 12.2 Å². The Labute approximate surface area is 132 Å². The Morgan fingerprint density at radius 2 is 2.09 bits per heavy atom. The molecule has 1 aromatic carbocycles. The first-order valence-electron chi connectivity index (χ1n) is 7.70. The Morgan fingerprint density at radius 1 is 1.36 bits per heavy atom. The highest BCUT2D eigenvalue weighted by Crippen LogP contribution is 2.23. The first kappa shape index (κ1) is 16.4. The van der Waals surface area contributed by atoms with Gasteiger partial charge in [-0.1, -0.05) is 6.07 Å². The Bertz CT molecular complexity index is 535. The number of hydrogen-bond donors (Lipinski definition) is 1. The molecule has 1 aliphatic rings. The molecule has 0 bridgehead atoms. The third kappa shape index (κ3) is 4.77. The van der Waals surface area contributed by atoms with E-state index in [0.717, 1.165) is 38.0 Å². The molecule has 1 saturated heterocycles. The van der Waals surface area contributed by atoms with Crippen molar-refractivity contribution in [1.29, 1.82) is 0 Å². The van der Waals surface area contributed by atoms with Crippen LogP contribution in [0.4, 0.5) is 5.69 Å². The van der Waals surface area contributed by atoms with Crippen molar-refractivity contribution in [2.24, 2.45) is 0 Å². The Morgan fingerprint density at radius 3 is 2.73 bits per heavy atom. The van der Waals surface area contributed by atoms with Crippen molar-refractivity contribution >= 4 is 17.7 Å². The molecule has 0 radical (unpaired) electrons. The maximum Gasteiger partial charge on any atom is 0.246 e. The van der Waals surface area contributed by atoms with Crippen molar-refractivity contribution in [3.63, 3.8) is 0 Å². The van der Waals surface area contributed by atoms with Crippen LogP contribution in [0.15, 0.2) is 24.3 Å². The van der Waals surface area contributed by atoms with Gasteiger partial charge in [-0.05, 0) is 50.7 Å². The number of anilines is 1. The molecule has 0 unspecified atom stereocenters. The van der Waals surface area contributed by atoms with Crippen LogP contribution in [0.3, 0.4) is 0 Å². The number of benzene rings is 1. The number of likely N-dealkylation sites (tertiary alicyclic amines) is 1. The zero-order chi connectivity index (χ0) is 15.9. The van der Waals surface area contributed by atoms with Gasteiger partial charge in [0, 0.05) is 25.7 Å². The minimum Gasteiger partial charge on any atom is -0.490 e. The first-order chi connectivity index (χ1) is 10.6. The zero-order valence-electron chi connectivity index (χ0n) is 13.4. The maximum atomic E-state index is 12.0. The van der Waals surface area contributed by atoms with Gasteiger partial charge >= 0.3 is 0 Å². The minimum absolute atomic E-state index is 0.0716. The molecule has 2 rings (SSSR count). The summed E-state index contributed by atoms with van der Waals surface area (Å²) in [6.45, 7) is 3.17. The van der Waals surface area contributed by atoms with E-state index in [-0.39, 0.29) is 5.91 Å². The summed E-state index contributed by atoms with van der Waals surface area (Å²) < 4.78 is 5.64. The molecule has 0 aromatic heterocycles. The molecular formula is C17H25N3O2. The van der Waals surface area contributed by atoms with Crippen molar-refractivity contribution < 1.29 is 9.53 Å². The highest BCUT2D eigenvalue weighted by Gasteiger charge is 2.15. The van der Waals surface area contributed by atoms with E-state index in [2.05, 4.69) is 4.90 Å². The normalized spacial score (nSPS) is 15.0. The zero-order valence-corrected chi connectivity index (χ0v) is 13.4. The largest absolute Gasteiger partial charge is 0.490 e. The van der Waals surface area contributed by atoms with Crippen LogP contribution < -0.4 is 10.5 Å². The van der Waals surface area contributed by atoms with Crippen molar-refractivity contribution in [3.05, 3.63) is 29.8 Å². The summed E-state index contributed by atoms with van der Waals surface area (Å²) >= 11 is 0. The van der Waals surface area contributed by atoms with Crippen LogP contribution in [0.1, 0.15) is 18.4 Å². The fraction of sp³-hybridized carbons (Fsp3) is 0.471. The highest BCUT2D eigenvalue weighted by molar-refractivity contribution is 5.92. The van der Waals surface area contributed by atoms with E-state index in [1.165, 1.54) is 0 Å². The lowest BCUT2D eigenvalue weighted by atomic mass is 10.1. The van der Waals surface area contributed by atoms with Crippen LogP contribution in [-0.2, 0) is 4.79 Å². The molecule has 1 aliphatic heterocycles. The van der Waals surface area contributed by atoms with Crippen LogP contribution in [0, 0.1) is 0 Å². The third-order valence-corrected chi connectivity index (χ3v) is 3.67. The average molecular weight is 303 g/mol. The van der Waals surface area contributed by atoms with Gasteiger partial charge in [-0.15, -0.1) is 0 Å². The minimum atomic E-state index is 0.0716. The number of carbonyl (C=O) groups excluding carboxylic acids is 1. The van der Waals surface area contributed by atoms with Gasteiger partial charge in [0.25, 0.3) is 0 Å². The van der Waals surface area contributed by atoms with Gasteiger partial charge in [0.2, 0.25) is 5.91 Å². The van der Waals surface area contributed by atoms with Gasteiger partial charge in [0.1, 0.15) is 12.4 Å². The molecule has 1 heterocycles. The molecule has 22 heavy (non-hydrogen) atoms. The second-order valence-corrected chi connectivity index (χ2v) is 5.81. The topological polar surface area (TPSA) is 58.8 Å². The first-order valence-corrected chi connectivity index (χ1v) is 7.70. The number of carbonyl (C=O) groups is 1. The van der Waals surface area contributed by atoms with Crippen LogP contribution in [0.2, 0.25) is 0 Å². The predicted molar refractivity (Wildman–Crippen MR) is 89.8 cm³/mol. The second-order valence-electron chi connectivity index (χ2n) is 5.81. The van der Waals surface area contributed by atoms with Crippen LogP contribution >= 0.6 is 0 Å². The molecule has 5 nitrogen and oxygen atoms in total. The molecule has 5 heteroatoms. The number of amides is 1. The number of ether oxygens (including phenoxy) is 1. The standard InChI is InChI=1S/C17H25N3O2/c1-19(2)11-12-22-16-7-5-14(13-15(16)18)6-8-17(21)20-9-3-4-10-20/h5-8,13H,3-4,9-12,18H2,1-2H3/b8-6-. The van der Waals surface area contributed by atoms with E-state index >= 15 is 0 Å². The lowest BCUT2D eigenvalue weighted by molar-refractivity contribution is -0.124. The van der Waals surface area contributed by atoms with E-state index in [0.29, 0.717) is 18.0 Å². The fourth-order valence-electron chi connectivity index (χ4n) is 2.35. The van der Waals surface area contributed by atoms with Gasteiger partial charge < -0.3 is 20.3 Å². The third-order valence-electron chi connectivity index (χ3n) is 3.67. The summed E-state index contributed by atoms with van der Waals surface area (Å²) in [4.78, 5) is 15.9.